The van der Waals surface area contributed by atoms with Gasteiger partial charge in [-0.25, -0.2) is 0 Å². The summed E-state index contributed by atoms with van der Waals surface area (Å²) in [5.74, 6) is -0.243. The molecule has 132 valence electrons. The van der Waals surface area contributed by atoms with Crippen LogP contribution in [0.25, 0.3) is 10.8 Å². The molecule has 0 aliphatic rings. The molecule has 2 aromatic carbocycles. The van der Waals surface area contributed by atoms with Crippen molar-refractivity contribution in [2.45, 2.75) is 25.7 Å². The van der Waals surface area contributed by atoms with Crippen LogP contribution in [0.3, 0.4) is 0 Å². The average Bonchev–Trinajstić information content (AvgIpc) is 2.63. The number of unbranched alkanes of at least 4 members (excludes halogenated alkanes) is 2. The highest BCUT2D eigenvalue weighted by atomic mass is 16.5. The van der Waals surface area contributed by atoms with Crippen molar-refractivity contribution in [2.75, 3.05) is 13.7 Å². The summed E-state index contributed by atoms with van der Waals surface area (Å²) < 4.78 is 5.88. The van der Waals surface area contributed by atoms with Crippen LogP contribution in [0.2, 0.25) is 0 Å². The number of carboxylic acids is 1. The van der Waals surface area contributed by atoms with Gasteiger partial charge in [0.15, 0.2) is 0 Å². The molecule has 0 aliphatic carbocycles. The van der Waals surface area contributed by atoms with E-state index in [1.165, 1.54) is 0 Å². The van der Waals surface area contributed by atoms with Crippen LogP contribution in [0.15, 0.2) is 54.1 Å². The summed E-state index contributed by atoms with van der Waals surface area (Å²) in [5.41, 5.74) is 0.547. The number of carbonyl (C=O) groups excluding carboxylic acids is 1. The smallest absolute Gasteiger partial charge is 0.303 e. The first-order valence-corrected chi connectivity index (χ1v) is 8.35. The zero-order chi connectivity index (χ0) is 18.1. The highest BCUT2D eigenvalue weighted by molar-refractivity contribution is 5.93. The Morgan fingerprint density at radius 1 is 1.12 bits per heavy atom. The standard InChI is InChI=1S/C20H23NO4/c1-21-20(24)16(9-3-2-4-13-19(22)23)14-25-18-12-7-10-15-8-5-6-11-17(15)18/h5-12H,2-4,13-14H2,1H3,(H,21,24)(H,22,23)/b16-9+. The van der Waals surface area contributed by atoms with Crippen molar-refractivity contribution in [3.63, 3.8) is 0 Å². The van der Waals surface area contributed by atoms with Gasteiger partial charge in [-0.05, 0) is 30.7 Å². The number of hydrogen-bond acceptors (Lipinski definition) is 3. The zero-order valence-corrected chi connectivity index (χ0v) is 14.3. The molecule has 5 nitrogen and oxygen atoms in total. The van der Waals surface area contributed by atoms with E-state index in [4.69, 9.17) is 9.84 Å². The quantitative estimate of drug-likeness (QED) is 0.540. The molecular formula is C20H23NO4. The van der Waals surface area contributed by atoms with E-state index in [2.05, 4.69) is 5.32 Å². The molecule has 0 bridgehead atoms. The minimum atomic E-state index is -0.796. The summed E-state index contributed by atoms with van der Waals surface area (Å²) in [6.07, 6.45) is 3.94. The largest absolute Gasteiger partial charge is 0.488 e. The van der Waals surface area contributed by atoms with E-state index >= 15 is 0 Å². The van der Waals surface area contributed by atoms with Gasteiger partial charge < -0.3 is 15.2 Å². The van der Waals surface area contributed by atoms with E-state index in [1.807, 2.05) is 48.5 Å². The molecule has 2 rings (SSSR count). The minimum Gasteiger partial charge on any atom is -0.488 e. The summed E-state index contributed by atoms with van der Waals surface area (Å²) in [5, 5.41) is 13.3. The van der Waals surface area contributed by atoms with Crippen molar-refractivity contribution in [3.05, 3.63) is 54.1 Å². The van der Waals surface area contributed by atoms with Crippen molar-refractivity contribution in [3.8, 4) is 5.75 Å². The first-order chi connectivity index (χ1) is 12.1. The van der Waals surface area contributed by atoms with Gasteiger partial charge in [-0.15, -0.1) is 0 Å². The molecule has 0 spiro atoms. The lowest BCUT2D eigenvalue weighted by molar-refractivity contribution is -0.137. The molecule has 1 amide bonds. The molecule has 0 radical (unpaired) electrons. The van der Waals surface area contributed by atoms with Crippen molar-refractivity contribution in [1.82, 2.24) is 5.32 Å². The van der Waals surface area contributed by atoms with E-state index in [0.717, 1.165) is 22.9 Å². The Morgan fingerprint density at radius 2 is 1.88 bits per heavy atom. The van der Waals surface area contributed by atoms with Gasteiger partial charge in [-0.2, -0.15) is 0 Å². The lowest BCUT2D eigenvalue weighted by atomic mass is 10.1. The molecule has 0 saturated carbocycles. The second-order valence-corrected chi connectivity index (χ2v) is 5.71. The number of hydrogen-bond donors (Lipinski definition) is 2. The average molecular weight is 341 g/mol. The molecule has 0 aromatic heterocycles. The van der Waals surface area contributed by atoms with Crippen LogP contribution in [-0.4, -0.2) is 30.6 Å². The first-order valence-electron chi connectivity index (χ1n) is 8.35. The second-order valence-electron chi connectivity index (χ2n) is 5.71. The topological polar surface area (TPSA) is 75.6 Å². The third-order valence-electron chi connectivity index (χ3n) is 3.89. The number of carboxylic acid groups (broad SMARTS) is 1. The minimum absolute atomic E-state index is 0.148. The van der Waals surface area contributed by atoms with Crippen molar-refractivity contribution < 1.29 is 19.4 Å². The normalized spacial score (nSPS) is 11.3. The van der Waals surface area contributed by atoms with Crippen LogP contribution in [-0.2, 0) is 9.59 Å². The summed E-state index contributed by atoms with van der Waals surface area (Å²) in [6.45, 7) is 0.173. The number of allylic oxidation sites excluding steroid dienone is 1. The maximum Gasteiger partial charge on any atom is 0.303 e. The molecule has 0 unspecified atom stereocenters. The van der Waals surface area contributed by atoms with Gasteiger partial charge in [0.05, 0.1) is 5.57 Å². The van der Waals surface area contributed by atoms with Crippen molar-refractivity contribution in [1.29, 1.82) is 0 Å². The molecule has 0 aliphatic heterocycles. The Morgan fingerprint density at radius 3 is 2.64 bits per heavy atom. The first kappa shape index (κ1) is 18.5. The number of amides is 1. The Balaban J connectivity index is 2.01. The highest BCUT2D eigenvalue weighted by Crippen LogP contribution is 2.25. The van der Waals surface area contributed by atoms with Gasteiger partial charge in [0.1, 0.15) is 12.4 Å². The Labute approximate surface area is 147 Å². The van der Waals surface area contributed by atoms with Gasteiger partial charge in [-0.3, -0.25) is 9.59 Å². The molecule has 0 fully saturated rings. The fourth-order valence-corrected chi connectivity index (χ4v) is 2.55. The summed E-state index contributed by atoms with van der Waals surface area (Å²) >= 11 is 0. The van der Waals surface area contributed by atoms with E-state index in [0.29, 0.717) is 18.4 Å². The summed E-state index contributed by atoms with van der Waals surface area (Å²) in [7, 11) is 1.58. The summed E-state index contributed by atoms with van der Waals surface area (Å²) in [6, 6.07) is 13.7. The van der Waals surface area contributed by atoms with Gasteiger partial charge in [0.25, 0.3) is 0 Å². The fourth-order valence-electron chi connectivity index (χ4n) is 2.55. The number of nitrogens with one attached hydrogen (secondary N) is 1. The Bertz CT molecular complexity index is 762. The molecule has 0 heterocycles. The van der Waals surface area contributed by atoms with Gasteiger partial charge >= 0.3 is 5.97 Å². The van der Waals surface area contributed by atoms with E-state index in [1.54, 1.807) is 7.05 Å². The van der Waals surface area contributed by atoms with Crippen molar-refractivity contribution >= 4 is 22.6 Å². The predicted octanol–water partition coefficient (Wildman–Crippen LogP) is 3.54. The van der Waals surface area contributed by atoms with Crippen LogP contribution in [0.4, 0.5) is 0 Å². The van der Waals surface area contributed by atoms with Crippen molar-refractivity contribution in [2.24, 2.45) is 0 Å². The lowest BCUT2D eigenvalue weighted by Gasteiger charge is -2.11. The van der Waals surface area contributed by atoms with E-state index in [9.17, 15) is 9.59 Å². The monoisotopic (exact) mass is 341 g/mol. The predicted molar refractivity (Wildman–Crippen MR) is 97.7 cm³/mol. The number of fused-ring (bicyclic) bond motifs is 1. The number of likely N-dealkylation sites (N-methyl/N-ethyl adjacent to an activating group) is 1. The fraction of sp³-hybridized carbons (Fsp3) is 0.300. The maximum absolute atomic E-state index is 12.0. The Kier molecular flexibility index (Phi) is 7.01. The third-order valence-corrected chi connectivity index (χ3v) is 3.89. The highest BCUT2D eigenvalue weighted by Gasteiger charge is 2.09. The van der Waals surface area contributed by atoms with E-state index in [-0.39, 0.29) is 18.9 Å². The molecule has 0 atom stereocenters. The van der Waals surface area contributed by atoms with E-state index < -0.39 is 5.97 Å². The molecular weight excluding hydrogens is 318 g/mol. The Hall–Kier alpha value is -2.82. The number of aliphatic carboxylic acids is 1. The molecule has 2 N–H and O–H groups in total. The number of benzene rings is 2. The lowest BCUT2D eigenvalue weighted by Crippen LogP contribution is -2.23. The molecule has 0 saturated heterocycles. The van der Waals surface area contributed by atoms with Gasteiger partial charge in [0, 0.05) is 18.9 Å². The van der Waals surface area contributed by atoms with Crippen LogP contribution < -0.4 is 10.1 Å². The number of ether oxygens (including phenoxy) is 1. The second kappa shape index (κ2) is 9.47. The van der Waals surface area contributed by atoms with Crippen LogP contribution in [0.1, 0.15) is 25.7 Å². The third kappa shape index (κ3) is 5.64. The molecule has 2 aromatic rings. The van der Waals surface area contributed by atoms with Gasteiger partial charge in [0.2, 0.25) is 5.91 Å². The number of rotatable bonds is 9. The zero-order valence-electron chi connectivity index (χ0n) is 14.3. The van der Waals surface area contributed by atoms with Crippen LogP contribution >= 0.6 is 0 Å². The van der Waals surface area contributed by atoms with Crippen LogP contribution in [0, 0.1) is 0 Å². The molecule has 5 heteroatoms. The maximum atomic E-state index is 12.0. The molecule has 25 heavy (non-hydrogen) atoms. The number of carbonyl (C=O) groups is 2. The van der Waals surface area contributed by atoms with Gasteiger partial charge in [-0.1, -0.05) is 42.5 Å². The SMILES string of the molecule is CNC(=O)/C(=C/CCCCC(=O)O)COc1cccc2ccccc12. The van der Waals surface area contributed by atoms with Crippen LogP contribution in [0.5, 0.6) is 5.75 Å². The summed E-state index contributed by atoms with van der Waals surface area (Å²) in [4.78, 5) is 22.5.